The molecule has 0 amide bonds. The molecule has 1 saturated carbocycles. The molecule has 1 aromatic heterocycles. The fraction of sp³-hybridized carbons (Fsp3) is 0.800. The van der Waals surface area contributed by atoms with Crippen LogP contribution in [0, 0.1) is 5.92 Å². The summed E-state index contributed by atoms with van der Waals surface area (Å²) < 4.78 is 1.91. The molecule has 1 aliphatic carbocycles. The molecule has 1 N–H and O–H groups in total. The number of aryl methyl sites for hydroxylation is 2. The van der Waals surface area contributed by atoms with Crippen molar-refractivity contribution >= 4 is 0 Å². The summed E-state index contributed by atoms with van der Waals surface area (Å²) in [6.45, 7) is 2.25. The van der Waals surface area contributed by atoms with Crippen molar-refractivity contribution in [3.8, 4) is 0 Å². The van der Waals surface area contributed by atoms with Gasteiger partial charge in [0, 0.05) is 18.9 Å². The van der Waals surface area contributed by atoms with Crippen LogP contribution >= 0.6 is 0 Å². The van der Waals surface area contributed by atoms with Crippen LogP contribution in [0.1, 0.15) is 57.6 Å². The van der Waals surface area contributed by atoms with E-state index >= 15 is 0 Å². The molecule has 0 atom stereocenters. The normalized spacial score (nSPS) is 28.5. The molecule has 0 aromatic carbocycles. The summed E-state index contributed by atoms with van der Waals surface area (Å²) in [4.78, 5) is 0. The van der Waals surface area contributed by atoms with E-state index in [2.05, 4.69) is 12.0 Å². The highest BCUT2D eigenvalue weighted by Gasteiger charge is 2.32. The molecular formula is C15H26N2O. The van der Waals surface area contributed by atoms with Gasteiger partial charge >= 0.3 is 0 Å². The lowest BCUT2D eigenvalue weighted by molar-refractivity contribution is -0.0175. The Balaban J connectivity index is 1.81. The standard InChI is InChI=1S/C15H26N2O/c1-3-4-13-5-9-15(18,10-6-13)11-7-14-8-12-16-17(14)2/h8,12-13,18H,3-7,9-11H2,1-2H3. The summed E-state index contributed by atoms with van der Waals surface area (Å²) in [6, 6.07) is 2.05. The monoisotopic (exact) mass is 250 g/mol. The van der Waals surface area contributed by atoms with Crippen molar-refractivity contribution in [2.24, 2.45) is 13.0 Å². The molecule has 2 rings (SSSR count). The Hall–Kier alpha value is -0.830. The molecule has 1 heterocycles. The van der Waals surface area contributed by atoms with Gasteiger partial charge in [-0.2, -0.15) is 5.10 Å². The zero-order chi connectivity index (χ0) is 13.0. The van der Waals surface area contributed by atoms with E-state index in [1.807, 2.05) is 24.0 Å². The molecule has 3 nitrogen and oxygen atoms in total. The van der Waals surface area contributed by atoms with Gasteiger partial charge < -0.3 is 5.11 Å². The van der Waals surface area contributed by atoms with E-state index in [1.165, 1.54) is 31.4 Å². The van der Waals surface area contributed by atoms with Gasteiger partial charge in [0.15, 0.2) is 0 Å². The smallest absolute Gasteiger partial charge is 0.0651 e. The first kappa shape index (κ1) is 13.6. The minimum absolute atomic E-state index is 0.422. The third kappa shape index (κ3) is 3.35. The molecule has 0 spiro atoms. The van der Waals surface area contributed by atoms with Gasteiger partial charge in [-0.15, -0.1) is 0 Å². The van der Waals surface area contributed by atoms with Crippen molar-refractivity contribution in [2.75, 3.05) is 0 Å². The van der Waals surface area contributed by atoms with E-state index in [0.29, 0.717) is 0 Å². The highest BCUT2D eigenvalue weighted by Crippen LogP contribution is 2.36. The molecule has 0 bridgehead atoms. The van der Waals surface area contributed by atoms with Gasteiger partial charge in [0.05, 0.1) is 5.60 Å². The van der Waals surface area contributed by atoms with Gasteiger partial charge in [-0.05, 0) is 50.5 Å². The zero-order valence-electron chi connectivity index (χ0n) is 11.7. The van der Waals surface area contributed by atoms with E-state index in [9.17, 15) is 5.11 Å². The number of aliphatic hydroxyl groups is 1. The lowest BCUT2D eigenvalue weighted by atomic mass is 9.75. The van der Waals surface area contributed by atoms with Crippen LogP contribution in [0.4, 0.5) is 0 Å². The van der Waals surface area contributed by atoms with E-state index in [4.69, 9.17) is 0 Å². The maximum atomic E-state index is 10.6. The van der Waals surface area contributed by atoms with Gasteiger partial charge in [-0.25, -0.2) is 0 Å². The van der Waals surface area contributed by atoms with Crippen LogP contribution in [0.15, 0.2) is 12.3 Å². The second kappa shape index (κ2) is 5.87. The van der Waals surface area contributed by atoms with Gasteiger partial charge in [-0.3, -0.25) is 4.68 Å². The lowest BCUT2D eigenvalue weighted by Crippen LogP contribution is -2.34. The van der Waals surface area contributed by atoms with Crippen LogP contribution in [0.25, 0.3) is 0 Å². The van der Waals surface area contributed by atoms with Crippen molar-refractivity contribution in [1.82, 2.24) is 9.78 Å². The first-order valence-corrected chi connectivity index (χ1v) is 7.32. The molecule has 18 heavy (non-hydrogen) atoms. The first-order chi connectivity index (χ1) is 8.63. The van der Waals surface area contributed by atoms with Gasteiger partial charge in [-0.1, -0.05) is 19.8 Å². The minimum atomic E-state index is -0.422. The second-order valence-electron chi connectivity index (χ2n) is 5.90. The number of hydrogen-bond donors (Lipinski definition) is 1. The molecule has 3 heteroatoms. The number of aromatic nitrogens is 2. The topological polar surface area (TPSA) is 38.1 Å². The van der Waals surface area contributed by atoms with Gasteiger partial charge in [0.1, 0.15) is 0 Å². The van der Waals surface area contributed by atoms with Crippen LogP contribution < -0.4 is 0 Å². The summed E-state index contributed by atoms with van der Waals surface area (Å²) in [7, 11) is 1.97. The molecule has 0 saturated heterocycles. The van der Waals surface area contributed by atoms with E-state index in [0.717, 1.165) is 31.6 Å². The summed E-state index contributed by atoms with van der Waals surface area (Å²) in [5.74, 6) is 0.854. The Labute approximate surface area is 110 Å². The largest absolute Gasteiger partial charge is 0.390 e. The average molecular weight is 250 g/mol. The SMILES string of the molecule is CCCC1CCC(O)(CCc2ccnn2C)CC1. The summed E-state index contributed by atoms with van der Waals surface area (Å²) >= 11 is 0. The minimum Gasteiger partial charge on any atom is -0.390 e. The van der Waals surface area contributed by atoms with Crippen molar-refractivity contribution < 1.29 is 5.11 Å². The van der Waals surface area contributed by atoms with Crippen LogP contribution in [-0.4, -0.2) is 20.5 Å². The predicted molar refractivity (Wildman–Crippen MR) is 73.3 cm³/mol. The highest BCUT2D eigenvalue weighted by molar-refractivity contribution is 5.01. The molecule has 1 aromatic rings. The number of rotatable bonds is 5. The lowest BCUT2D eigenvalue weighted by Gasteiger charge is -2.36. The molecular weight excluding hydrogens is 224 g/mol. The van der Waals surface area contributed by atoms with Crippen LogP contribution in [0.3, 0.4) is 0 Å². The molecule has 0 aliphatic heterocycles. The first-order valence-electron chi connectivity index (χ1n) is 7.32. The third-order valence-corrected chi connectivity index (χ3v) is 4.50. The van der Waals surface area contributed by atoms with Gasteiger partial charge in [0.25, 0.3) is 0 Å². The highest BCUT2D eigenvalue weighted by atomic mass is 16.3. The second-order valence-corrected chi connectivity index (χ2v) is 5.90. The van der Waals surface area contributed by atoms with Gasteiger partial charge in [0.2, 0.25) is 0 Å². The fourth-order valence-corrected chi connectivity index (χ4v) is 3.17. The molecule has 1 fully saturated rings. The third-order valence-electron chi connectivity index (χ3n) is 4.50. The summed E-state index contributed by atoms with van der Waals surface area (Å²) in [5.41, 5.74) is 0.799. The summed E-state index contributed by atoms with van der Waals surface area (Å²) in [5, 5.41) is 14.8. The Morgan fingerprint density at radius 2 is 2.17 bits per heavy atom. The Bertz CT molecular complexity index is 364. The molecule has 102 valence electrons. The maximum absolute atomic E-state index is 10.6. The summed E-state index contributed by atoms with van der Waals surface area (Å²) in [6.07, 6.45) is 10.6. The van der Waals surface area contributed by atoms with Crippen LogP contribution in [0.2, 0.25) is 0 Å². The Kier molecular flexibility index (Phi) is 4.44. The van der Waals surface area contributed by atoms with Crippen molar-refractivity contribution in [2.45, 2.75) is 63.9 Å². The van der Waals surface area contributed by atoms with Crippen LogP contribution in [0.5, 0.6) is 0 Å². The maximum Gasteiger partial charge on any atom is 0.0651 e. The Morgan fingerprint density at radius 1 is 1.44 bits per heavy atom. The average Bonchev–Trinajstić information content (AvgIpc) is 2.76. The Morgan fingerprint density at radius 3 is 2.72 bits per heavy atom. The zero-order valence-corrected chi connectivity index (χ0v) is 11.7. The van der Waals surface area contributed by atoms with E-state index in [1.54, 1.807) is 0 Å². The van der Waals surface area contributed by atoms with Crippen molar-refractivity contribution in [3.05, 3.63) is 18.0 Å². The van der Waals surface area contributed by atoms with E-state index < -0.39 is 5.60 Å². The number of nitrogens with zero attached hydrogens (tertiary/aromatic N) is 2. The van der Waals surface area contributed by atoms with Crippen molar-refractivity contribution in [3.63, 3.8) is 0 Å². The molecule has 1 aliphatic rings. The predicted octanol–water partition coefficient (Wildman–Crippen LogP) is 3.07. The quantitative estimate of drug-likeness (QED) is 0.872. The molecule has 0 radical (unpaired) electrons. The van der Waals surface area contributed by atoms with Crippen LogP contribution in [-0.2, 0) is 13.5 Å². The fourth-order valence-electron chi connectivity index (χ4n) is 3.17. The van der Waals surface area contributed by atoms with E-state index in [-0.39, 0.29) is 0 Å². The number of hydrogen-bond acceptors (Lipinski definition) is 2. The molecule has 0 unspecified atom stereocenters. The van der Waals surface area contributed by atoms with Crippen molar-refractivity contribution in [1.29, 1.82) is 0 Å².